The lowest BCUT2D eigenvalue weighted by atomic mass is 9.85. The van der Waals surface area contributed by atoms with Gasteiger partial charge >= 0.3 is 0 Å². The van der Waals surface area contributed by atoms with Gasteiger partial charge in [-0.15, -0.1) is 0 Å². The summed E-state index contributed by atoms with van der Waals surface area (Å²) >= 11 is 0. The van der Waals surface area contributed by atoms with Gasteiger partial charge in [0.25, 0.3) is 0 Å². The van der Waals surface area contributed by atoms with Crippen molar-refractivity contribution in [2.24, 2.45) is 5.92 Å². The van der Waals surface area contributed by atoms with Crippen LogP contribution in [0.15, 0.2) is 0 Å². The summed E-state index contributed by atoms with van der Waals surface area (Å²) in [6.45, 7) is 5.42. The average molecular weight is 197 g/mol. The molecule has 0 aromatic heterocycles. The van der Waals surface area contributed by atoms with Gasteiger partial charge in [0.15, 0.2) is 0 Å². The van der Waals surface area contributed by atoms with Gasteiger partial charge in [-0.3, -0.25) is 0 Å². The van der Waals surface area contributed by atoms with Crippen LogP contribution in [0, 0.1) is 5.92 Å². The molecule has 1 saturated heterocycles. The molecule has 14 heavy (non-hydrogen) atoms. The fourth-order valence-electron chi connectivity index (χ4n) is 3.20. The van der Waals surface area contributed by atoms with Crippen molar-refractivity contribution in [2.45, 2.75) is 51.0 Å². The van der Waals surface area contributed by atoms with Crippen LogP contribution in [0.1, 0.15) is 45.4 Å². The van der Waals surface area contributed by atoms with E-state index in [9.17, 15) is 5.11 Å². The molecule has 82 valence electrons. The zero-order chi connectivity index (χ0) is 10.0. The van der Waals surface area contributed by atoms with Crippen LogP contribution in [-0.2, 0) is 0 Å². The van der Waals surface area contributed by atoms with Crippen LogP contribution in [0.25, 0.3) is 0 Å². The third-order valence-corrected chi connectivity index (χ3v) is 4.01. The first-order valence-corrected chi connectivity index (χ1v) is 6.19. The van der Waals surface area contributed by atoms with Crippen LogP contribution >= 0.6 is 0 Å². The summed E-state index contributed by atoms with van der Waals surface area (Å²) < 4.78 is 0. The van der Waals surface area contributed by atoms with E-state index in [0.29, 0.717) is 5.92 Å². The molecule has 1 N–H and O–H groups in total. The molecule has 1 aliphatic heterocycles. The zero-order valence-electron chi connectivity index (χ0n) is 9.34. The van der Waals surface area contributed by atoms with Crippen molar-refractivity contribution in [2.75, 3.05) is 19.6 Å². The second kappa shape index (κ2) is 4.19. The lowest BCUT2D eigenvalue weighted by molar-refractivity contribution is -0.00653. The molecule has 1 saturated carbocycles. The van der Waals surface area contributed by atoms with Gasteiger partial charge in [-0.25, -0.2) is 0 Å². The van der Waals surface area contributed by atoms with Gasteiger partial charge in [-0.05, 0) is 38.1 Å². The van der Waals surface area contributed by atoms with Crippen molar-refractivity contribution in [3.05, 3.63) is 0 Å². The normalized spacial score (nSPS) is 35.6. The van der Waals surface area contributed by atoms with E-state index in [0.717, 1.165) is 26.1 Å². The van der Waals surface area contributed by atoms with E-state index in [1.165, 1.54) is 32.1 Å². The number of β-amino-alcohol motifs (C(OH)–C–C–N with tert-alkyl or cyclic N) is 1. The molecule has 2 heteroatoms. The minimum absolute atomic E-state index is 0.328. The topological polar surface area (TPSA) is 23.5 Å². The van der Waals surface area contributed by atoms with Gasteiger partial charge in [-0.2, -0.15) is 0 Å². The Bertz CT molecular complexity index is 189. The lowest BCUT2D eigenvalue weighted by Gasteiger charge is -2.29. The van der Waals surface area contributed by atoms with Gasteiger partial charge in [0.05, 0.1) is 5.60 Å². The number of nitrogens with zero attached hydrogens (tertiary/aromatic N) is 1. The maximum absolute atomic E-state index is 10.5. The van der Waals surface area contributed by atoms with Gasteiger partial charge in [0.1, 0.15) is 0 Å². The smallest absolute Gasteiger partial charge is 0.0814 e. The third kappa shape index (κ3) is 1.96. The summed E-state index contributed by atoms with van der Waals surface area (Å²) in [4.78, 5) is 2.43. The Balaban J connectivity index is 1.90. The van der Waals surface area contributed by atoms with Crippen LogP contribution in [0.5, 0.6) is 0 Å². The predicted molar refractivity (Wildman–Crippen MR) is 58.3 cm³/mol. The monoisotopic (exact) mass is 197 g/mol. The molecule has 2 rings (SSSR count). The Hall–Kier alpha value is -0.0800. The van der Waals surface area contributed by atoms with Crippen LogP contribution in [0.4, 0.5) is 0 Å². The second-order valence-electron chi connectivity index (χ2n) is 5.11. The third-order valence-electron chi connectivity index (χ3n) is 4.01. The highest BCUT2D eigenvalue weighted by atomic mass is 16.3. The van der Waals surface area contributed by atoms with Crippen molar-refractivity contribution in [3.8, 4) is 0 Å². The highest BCUT2D eigenvalue weighted by Gasteiger charge is 2.43. The van der Waals surface area contributed by atoms with Gasteiger partial charge < -0.3 is 10.0 Å². The molecule has 0 aromatic carbocycles. The van der Waals surface area contributed by atoms with Crippen molar-refractivity contribution >= 4 is 0 Å². The molecule has 0 spiro atoms. The first kappa shape index (κ1) is 10.4. The van der Waals surface area contributed by atoms with Crippen LogP contribution < -0.4 is 0 Å². The molecular formula is C12H23NO. The van der Waals surface area contributed by atoms with Crippen molar-refractivity contribution in [1.82, 2.24) is 4.90 Å². The molecule has 0 aromatic rings. The number of likely N-dealkylation sites (tertiary alicyclic amines) is 1. The van der Waals surface area contributed by atoms with Gasteiger partial charge in [0.2, 0.25) is 0 Å². The van der Waals surface area contributed by atoms with E-state index >= 15 is 0 Å². The van der Waals surface area contributed by atoms with Crippen LogP contribution in [0.3, 0.4) is 0 Å². The van der Waals surface area contributed by atoms with Gasteiger partial charge in [0, 0.05) is 13.1 Å². The Kier molecular flexibility index (Phi) is 3.13. The number of hydrogen-bond acceptors (Lipinski definition) is 2. The molecule has 1 heterocycles. The standard InChI is InChI=1S/C12H23NO/c1-2-8-13-9-7-12(14,10-13)11-5-3-4-6-11/h11,14H,2-10H2,1H3. The average Bonchev–Trinajstić information content (AvgIpc) is 2.75. The summed E-state index contributed by atoms with van der Waals surface area (Å²) in [6, 6.07) is 0. The van der Waals surface area contributed by atoms with Crippen molar-refractivity contribution in [3.63, 3.8) is 0 Å². The first-order chi connectivity index (χ1) is 6.74. The highest BCUT2D eigenvalue weighted by molar-refractivity contribution is 4.96. The second-order valence-corrected chi connectivity index (χ2v) is 5.11. The SMILES string of the molecule is CCCN1CCC(O)(C2CCCC2)C1. The first-order valence-electron chi connectivity index (χ1n) is 6.19. The predicted octanol–water partition coefficient (Wildman–Crippen LogP) is 2.02. The molecule has 1 aliphatic carbocycles. The Morgan fingerprint density at radius 2 is 2.07 bits per heavy atom. The molecule has 0 amide bonds. The molecule has 2 fully saturated rings. The Morgan fingerprint density at radius 3 is 2.71 bits per heavy atom. The fourth-order valence-corrected chi connectivity index (χ4v) is 3.20. The minimum Gasteiger partial charge on any atom is -0.388 e. The quantitative estimate of drug-likeness (QED) is 0.748. The van der Waals surface area contributed by atoms with Gasteiger partial charge in [-0.1, -0.05) is 19.8 Å². The number of rotatable bonds is 3. The number of hydrogen-bond donors (Lipinski definition) is 1. The van der Waals surface area contributed by atoms with Crippen molar-refractivity contribution in [1.29, 1.82) is 0 Å². The van der Waals surface area contributed by atoms with E-state index in [1.54, 1.807) is 0 Å². The summed E-state index contributed by atoms with van der Waals surface area (Å²) in [6.07, 6.45) is 7.41. The summed E-state index contributed by atoms with van der Waals surface area (Å²) in [5.41, 5.74) is -0.328. The summed E-state index contributed by atoms with van der Waals surface area (Å²) in [5, 5.41) is 10.5. The molecule has 2 nitrogen and oxygen atoms in total. The van der Waals surface area contributed by atoms with E-state index in [4.69, 9.17) is 0 Å². The maximum Gasteiger partial charge on any atom is 0.0814 e. The summed E-state index contributed by atoms with van der Waals surface area (Å²) in [5.74, 6) is 0.601. The van der Waals surface area contributed by atoms with Crippen LogP contribution in [0.2, 0.25) is 0 Å². The van der Waals surface area contributed by atoms with E-state index in [2.05, 4.69) is 11.8 Å². The van der Waals surface area contributed by atoms with Crippen molar-refractivity contribution < 1.29 is 5.11 Å². The molecule has 1 unspecified atom stereocenters. The molecule has 0 bridgehead atoms. The minimum atomic E-state index is -0.328. The maximum atomic E-state index is 10.5. The van der Waals surface area contributed by atoms with E-state index in [-0.39, 0.29) is 5.60 Å². The fraction of sp³-hybridized carbons (Fsp3) is 1.00. The molecular weight excluding hydrogens is 174 g/mol. The Labute approximate surface area is 87.3 Å². The molecule has 1 atom stereocenters. The molecule has 0 radical (unpaired) electrons. The lowest BCUT2D eigenvalue weighted by Crippen LogP contribution is -2.39. The van der Waals surface area contributed by atoms with E-state index in [1.807, 2.05) is 0 Å². The number of aliphatic hydroxyl groups is 1. The largest absolute Gasteiger partial charge is 0.388 e. The summed E-state index contributed by atoms with van der Waals surface area (Å²) in [7, 11) is 0. The zero-order valence-corrected chi connectivity index (χ0v) is 9.34. The van der Waals surface area contributed by atoms with Crippen LogP contribution in [-0.4, -0.2) is 35.2 Å². The Morgan fingerprint density at radius 1 is 1.36 bits per heavy atom. The molecule has 2 aliphatic rings. The van der Waals surface area contributed by atoms with E-state index < -0.39 is 0 Å². The highest BCUT2D eigenvalue weighted by Crippen LogP contribution is 2.39.